The van der Waals surface area contributed by atoms with Crippen LogP contribution in [0.1, 0.15) is 5.56 Å². The van der Waals surface area contributed by atoms with Gasteiger partial charge < -0.3 is 9.72 Å². The molecule has 0 bridgehead atoms. The molecule has 0 saturated heterocycles. The highest BCUT2D eigenvalue weighted by atomic mass is 35.5. The Morgan fingerprint density at radius 3 is 2.78 bits per heavy atom. The van der Waals surface area contributed by atoms with Crippen molar-refractivity contribution < 1.29 is 4.74 Å². The summed E-state index contributed by atoms with van der Waals surface area (Å²) in [5.74, 6) is 0.557. The lowest BCUT2D eigenvalue weighted by molar-refractivity contribution is 0.416. The van der Waals surface area contributed by atoms with E-state index >= 15 is 0 Å². The number of benzene rings is 1. The third kappa shape index (κ3) is 2.08. The second-order valence-corrected chi connectivity index (χ2v) is 3.99. The lowest BCUT2D eigenvalue weighted by atomic mass is 10.0. The zero-order chi connectivity index (χ0) is 13.1. The Hall–Kier alpha value is -2.25. The summed E-state index contributed by atoms with van der Waals surface area (Å²) in [7, 11) is 1.52. The van der Waals surface area contributed by atoms with Crippen LogP contribution in [-0.2, 0) is 0 Å². The smallest absolute Gasteiger partial charge is 0.266 e. The van der Waals surface area contributed by atoms with Gasteiger partial charge in [0, 0.05) is 22.3 Å². The van der Waals surface area contributed by atoms with Crippen molar-refractivity contribution in [1.29, 1.82) is 5.26 Å². The Kier molecular flexibility index (Phi) is 3.35. The first-order valence-corrected chi connectivity index (χ1v) is 5.51. The predicted octanol–water partition coefficient (Wildman–Crippen LogP) is 2.58. The number of nitrogens with one attached hydrogen (secondary N) is 1. The van der Waals surface area contributed by atoms with Crippen LogP contribution in [0.25, 0.3) is 11.1 Å². The summed E-state index contributed by atoms with van der Waals surface area (Å²) in [5.41, 5.74) is 0.725. The number of H-pyrrole nitrogens is 1. The van der Waals surface area contributed by atoms with Gasteiger partial charge in [-0.15, -0.1) is 0 Å². The van der Waals surface area contributed by atoms with Gasteiger partial charge in [-0.25, -0.2) is 0 Å². The average Bonchev–Trinajstić information content (AvgIpc) is 2.38. The topological polar surface area (TPSA) is 65.9 Å². The molecule has 0 aliphatic carbocycles. The summed E-state index contributed by atoms with van der Waals surface area (Å²) < 4.78 is 5.21. The largest absolute Gasteiger partial charge is 0.496 e. The number of aromatic nitrogens is 1. The van der Waals surface area contributed by atoms with Crippen LogP contribution in [0.15, 0.2) is 35.3 Å². The van der Waals surface area contributed by atoms with E-state index in [1.807, 2.05) is 6.07 Å². The molecule has 0 aliphatic heterocycles. The van der Waals surface area contributed by atoms with E-state index in [-0.39, 0.29) is 5.56 Å². The summed E-state index contributed by atoms with van der Waals surface area (Å²) in [5, 5.41) is 9.56. The molecule has 2 aromatic rings. The molecule has 0 amide bonds. The second kappa shape index (κ2) is 4.94. The first-order valence-electron chi connectivity index (χ1n) is 5.13. The molecule has 0 saturated carbocycles. The highest BCUT2D eigenvalue weighted by Crippen LogP contribution is 2.33. The van der Waals surface area contributed by atoms with E-state index in [1.165, 1.54) is 13.3 Å². The first-order chi connectivity index (χ1) is 8.67. The van der Waals surface area contributed by atoms with E-state index in [2.05, 4.69) is 4.98 Å². The maximum absolute atomic E-state index is 11.6. The molecule has 4 nitrogen and oxygen atoms in total. The van der Waals surface area contributed by atoms with Gasteiger partial charge in [0.1, 0.15) is 17.4 Å². The van der Waals surface area contributed by atoms with E-state index in [1.54, 1.807) is 24.3 Å². The van der Waals surface area contributed by atoms with Gasteiger partial charge in [-0.1, -0.05) is 11.6 Å². The first kappa shape index (κ1) is 12.2. The summed E-state index contributed by atoms with van der Waals surface area (Å²) in [6.45, 7) is 0. The summed E-state index contributed by atoms with van der Waals surface area (Å²) >= 11 is 5.93. The number of rotatable bonds is 2. The number of hydrogen-bond donors (Lipinski definition) is 1. The van der Waals surface area contributed by atoms with Crippen molar-refractivity contribution in [2.24, 2.45) is 0 Å². The maximum atomic E-state index is 11.6. The second-order valence-electron chi connectivity index (χ2n) is 3.55. The summed E-state index contributed by atoms with van der Waals surface area (Å²) in [4.78, 5) is 14.0. The van der Waals surface area contributed by atoms with Gasteiger partial charge in [0.25, 0.3) is 5.56 Å². The fourth-order valence-electron chi connectivity index (χ4n) is 1.70. The Morgan fingerprint density at radius 2 is 2.11 bits per heavy atom. The van der Waals surface area contributed by atoms with E-state index < -0.39 is 5.56 Å². The predicted molar refractivity (Wildman–Crippen MR) is 68.8 cm³/mol. The minimum atomic E-state index is -0.433. The molecular formula is C13H9ClN2O2. The van der Waals surface area contributed by atoms with Crippen molar-refractivity contribution in [2.45, 2.75) is 0 Å². The Labute approximate surface area is 108 Å². The zero-order valence-electron chi connectivity index (χ0n) is 9.53. The number of halogens is 1. The number of nitriles is 1. The fraction of sp³-hybridized carbons (Fsp3) is 0.0769. The van der Waals surface area contributed by atoms with Gasteiger partial charge in [-0.05, 0) is 24.3 Å². The Balaban J connectivity index is 2.77. The van der Waals surface area contributed by atoms with Crippen LogP contribution in [0.2, 0.25) is 5.02 Å². The maximum Gasteiger partial charge on any atom is 0.266 e. The normalized spacial score (nSPS) is 9.83. The lowest BCUT2D eigenvalue weighted by Crippen LogP contribution is -2.10. The number of nitrogens with zero attached hydrogens (tertiary/aromatic N) is 1. The van der Waals surface area contributed by atoms with Crippen LogP contribution in [0.5, 0.6) is 5.75 Å². The standard InChI is InChI=1S/C13H9ClN2O2/c1-18-12-3-2-8(14)6-10(12)9-4-5-16-13(17)11(9)7-15/h2-6H,1H3,(H,16,17). The van der Waals surface area contributed by atoms with Gasteiger partial charge in [0.2, 0.25) is 0 Å². The number of ether oxygens (including phenoxy) is 1. The van der Waals surface area contributed by atoms with Gasteiger partial charge >= 0.3 is 0 Å². The molecule has 1 aromatic carbocycles. The van der Waals surface area contributed by atoms with E-state index in [0.29, 0.717) is 21.9 Å². The molecule has 1 N–H and O–H groups in total. The minimum absolute atomic E-state index is 0.0399. The van der Waals surface area contributed by atoms with Crippen molar-refractivity contribution in [3.05, 3.63) is 51.4 Å². The van der Waals surface area contributed by atoms with Crippen molar-refractivity contribution >= 4 is 11.6 Å². The number of methoxy groups -OCH3 is 1. The zero-order valence-corrected chi connectivity index (χ0v) is 10.3. The van der Waals surface area contributed by atoms with Crippen molar-refractivity contribution in [1.82, 2.24) is 4.98 Å². The molecule has 90 valence electrons. The summed E-state index contributed by atoms with van der Waals surface area (Å²) in [6.07, 6.45) is 1.48. The number of aromatic amines is 1. The van der Waals surface area contributed by atoms with Crippen molar-refractivity contribution in [3.63, 3.8) is 0 Å². The quantitative estimate of drug-likeness (QED) is 0.902. The van der Waals surface area contributed by atoms with Crippen LogP contribution >= 0.6 is 11.6 Å². The van der Waals surface area contributed by atoms with Gasteiger partial charge in [-0.3, -0.25) is 4.79 Å². The highest BCUT2D eigenvalue weighted by Gasteiger charge is 2.13. The highest BCUT2D eigenvalue weighted by molar-refractivity contribution is 6.31. The van der Waals surface area contributed by atoms with Gasteiger partial charge in [0.15, 0.2) is 0 Å². The third-order valence-electron chi connectivity index (χ3n) is 2.52. The molecule has 2 rings (SSSR count). The molecule has 5 heteroatoms. The molecule has 0 radical (unpaired) electrons. The molecule has 0 unspecified atom stereocenters. The van der Waals surface area contributed by atoms with Crippen LogP contribution in [-0.4, -0.2) is 12.1 Å². The molecule has 0 aliphatic rings. The van der Waals surface area contributed by atoms with E-state index in [4.69, 9.17) is 21.6 Å². The molecule has 0 atom stereocenters. The van der Waals surface area contributed by atoms with Crippen molar-refractivity contribution in [3.8, 4) is 22.9 Å². The van der Waals surface area contributed by atoms with Crippen molar-refractivity contribution in [2.75, 3.05) is 7.11 Å². The lowest BCUT2D eigenvalue weighted by Gasteiger charge is -2.09. The third-order valence-corrected chi connectivity index (χ3v) is 2.76. The molecular weight excluding hydrogens is 252 g/mol. The minimum Gasteiger partial charge on any atom is -0.496 e. The van der Waals surface area contributed by atoms with Gasteiger partial charge in [-0.2, -0.15) is 5.26 Å². The number of pyridine rings is 1. The fourth-order valence-corrected chi connectivity index (χ4v) is 1.88. The van der Waals surface area contributed by atoms with Crippen LogP contribution in [0.3, 0.4) is 0 Å². The SMILES string of the molecule is COc1ccc(Cl)cc1-c1cc[nH]c(=O)c1C#N. The summed E-state index contributed by atoms with van der Waals surface area (Å²) in [6, 6.07) is 8.58. The molecule has 18 heavy (non-hydrogen) atoms. The van der Waals surface area contributed by atoms with Gasteiger partial charge in [0.05, 0.1) is 7.11 Å². The molecule has 1 aromatic heterocycles. The molecule has 0 spiro atoms. The van der Waals surface area contributed by atoms with Crippen LogP contribution in [0.4, 0.5) is 0 Å². The Bertz CT molecular complexity index is 686. The monoisotopic (exact) mass is 260 g/mol. The van der Waals surface area contributed by atoms with Crippen LogP contribution < -0.4 is 10.3 Å². The molecule has 1 heterocycles. The molecule has 0 fully saturated rings. The van der Waals surface area contributed by atoms with E-state index in [9.17, 15) is 4.79 Å². The number of hydrogen-bond acceptors (Lipinski definition) is 3. The van der Waals surface area contributed by atoms with Crippen LogP contribution in [0, 0.1) is 11.3 Å². The average molecular weight is 261 g/mol. The van der Waals surface area contributed by atoms with E-state index in [0.717, 1.165) is 0 Å². The Morgan fingerprint density at radius 1 is 1.33 bits per heavy atom.